The fourth-order valence-electron chi connectivity index (χ4n) is 2.27. The first-order valence-electron chi connectivity index (χ1n) is 7.29. The molecular formula is C16H16N4O3S. The van der Waals surface area contributed by atoms with Crippen LogP contribution in [0.15, 0.2) is 39.9 Å². The number of fused-ring (bicyclic) bond motifs is 1. The number of aromatic nitrogens is 2. The van der Waals surface area contributed by atoms with Gasteiger partial charge in [0, 0.05) is 22.8 Å². The Kier molecular flexibility index (Phi) is 4.57. The van der Waals surface area contributed by atoms with Crippen LogP contribution in [0, 0.1) is 0 Å². The van der Waals surface area contributed by atoms with E-state index in [1.807, 2.05) is 18.2 Å². The number of nitrogen functional groups attached to an aromatic ring is 2. The first-order valence-corrected chi connectivity index (χ1v) is 8.27. The van der Waals surface area contributed by atoms with Gasteiger partial charge in [-0.15, -0.1) is 0 Å². The molecule has 24 heavy (non-hydrogen) atoms. The quantitative estimate of drug-likeness (QED) is 0.412. The normalized spacial score (nSPS) is 10.9. The van der Waals surface area contributed by atoms with Gasteiger partial charge in [0.2, 0.25) is 5.76 Å². The van der Waals surface area contributed by atoms with Crippen LogP contribution in [0.25, 0.3) is 11.0 Å². The minimum atomic E-state index is -0.489. The maximum absolute atomic E-state index is 12.2. The third kappa shape index (κ3) is 3.28. The highest BCUT2D eigenvalue weighted by molar-refractivity contribution is 7.98. The molecule has 124 valence electrons. The van der Waals surface area contributed by atoms with E-state index in [0.29, 0.717) is 28.1 Å². The van der Waals surface area contributed by atoms with Gasteiger partial charge < -0.3 is 20.6 Å². The van der Waals surface area contributed by atoms with E-state index in [1.54, 1.807) is 13.0 Å². The molecule has 0 fully saturated rings. The molecule has 2 heterocycles. The number of hydrogen-bond acceptors (Lipinski definition) is 8. The Morgan fingerprint density at radius 2 is 1.96 bits per heavy atom. The number of ether oxygens (including phenoxy) is 1. The molecule has 0 saturated heterocycles. The summed E-state index contributed by atoms with van der Waals surface area (Å²) in [6, 6.07) is 8.92. The number of furan rings is 1. The number of anilines is 2. The molecule has 0 amide bonds. The summed E-state index contributed by atoms with van der Waals surface area (Å²) >= 11 is 1.32. The van der Waals surface area contributed by atoms with Gasteiger partial charge in [-0.3, -0.25) is 0 Å². The highest BCUT2D eigenvalue weighted by Crippen LogP contribution is 2.31. The van der Waals surface area contributed by atoms with Crippen LogP contribution in [0.5, 0.6) is 0 Å². The van der Waals surface area contributed by atoms with Crippen molar-refractivity contribution in [3.63, 3.8) is 0 Å². The summed E-state index contributed by atoms with van der Waals surface area (Å²) in [6.45, 7) is 2.02. The highest BCUT2D eigenvalue weighted by atomic mass is 32.2. The van der Waals surface area contributed by atoms with Crippen LogP contribution in [0.3, 0.4) is 0 Å². The predicted molar refractivity (Wildman–Crippen MR) is 92.6 cm³/mol. The van der Waals surface area contributed by atoms with Gasteiger partial charge in [-0.1, -0.05) is 30.0 Å². The predicted octanol–water partition coefficient (Wildman–Crippen LogP) is 2.86. The number of para-hydroxylation sites is 1. The molecule has 0 saturated carbocycles. The monoisotopic (exact) mass is 344 g/mol. The summed E-state index contributed by atoms with van der Waals surface area (Å²) in [6.07, 6.45) is 0. The lowest BCUT2D eigenvalue weighted by molar-refractivity contribution is 0.0491. The molecule has 0 spiro atoms. The third-order valence-corrected chi connectivity index (χ3v) is 4.12. The molecule has 4 N–H and O–H groups in total. The van der Waals surface area contributed by atoms with Crippen LogP contribution in [0.2, 0.25) is 0 Å². The second kappa shape index (κ2) is 6.79. The van der Waals surface area contributed by atoms with Gasteiger partial charge >= 0.3 is 5.97 Å². The number of hydrogen-bond donors (Lipinski definition) is 2. The SMILES string of the molecule is CCOC(=O)c1oc2ccccc2c1CSc1nc(N)cc(N)n1. The molecular weight excluding hydrogens is 328 g/mol. The zero-order chi connectivity index (χ0) is 17.1. The maximum atomic E-state index is 12.2. The molecule has 0 aliphatic heterocycles. The number of thioether (sulfide) groups is 1. The van der Waals surface area contributed by atoms with Gasteiger partial charge in [-0.2, -0.15) is 0 Å². The van der Waals surface area contributed by atoms with Crippen LogP contribution in [-0.2, 0) is 10.5 Å². The van der Waals surface area contributed by atoms with Crippen LogP contribution in [-0.4, -0.2) is 22.5 Å². The number of esters is 1. The summed E-state index contributed by atoms with van der Waals surface area (Å²) in [7, 11) is 0. The molecule has 0 aliphatic carbocycles. The Hall–Kier alpha value is -2.74. The van der Waals surface area contributed by atoms with E-state index in [1.165, 1.54) is 17.8 Å². The van der Waals surface area contributed by atoms with Crippen molar-refractivity contribution in [3.8, 4) is 0 Å². The van der Waals surface area contributed by atoms with E-state index in [9.17, 15) is 4.79 Å². The van der Waals surface area contributed by atoms with Crippen molar-refractivity contribution in [2.24, 2.45) is 0 Å². The summed E-state index contributed by atoms with van der Waals surface area (Å²) in [5.74, 6) is 0.730. The lowest BCUT2D eigenvalue weighted by atomic mass is 10.1. The second-order valence-electron chi connectivity index (χ2n) is 4.92. The largest absolute Gasteiger partial charge is 0.460 e. The van der Waals surface area contributed by atoms with Gasteiger partial charge in [0.1, 0.15) is 17.2 Å². The molecule has 3 rings (SSSR count). The van der Waals surface area contributed by atoms with Crippen LogP contribution in [0.1, 0.15) is 23.0 Å². The van der Waals surface area contributed by atoms with Gasteiger partial charge in [-0.25, -0.2) is 14.8 Å². The number of nitrogens with zero attached hydrogens (tertiary/aromatic N) is 2. The molecule has 7 nitrogen and oxygen atoms in total. The van der Waals surface area contributed by atoms with Crippen molar-refractivity contribution in [1.29, 1.82) is 0 Å². The van der Waals surface area contributed by atoms with Gasteiger partial charge in [0.15, 0.2) is 5.16 Å². The average molecular weight is 344 g/mol. The minimum absolute atomic E-state index is 0.197. The first kappa shape index (κ1) is 16.1. The molecule has 3 aromatic rings. The van der Waals surface area contributed by atoms with Crippen molar-refractivity contribution in [1.82, 2.24) is 9.97 Å². The van der Waals surface area contributed by atoms with Gasteiger partial charge in [-0.05, 0) is 13.0 Å². The molecule has 0 unspecified atom stereocenters. The molecule has 1 aromatic carbocycles. The van der Waals surface area contributed by atoms with Crippen LogP contribution >= 0.6 is 11.8 Å². The zero-order valence-corrected chi connectivity index (χ0v) is 13.8. The van der Waals surface area contributed by atoms with E-state index >= 15 is 0 Å². The maximum Gasteiger partial charge on any atom is 0.374 e. The summed E-state index contributed by atoms with van der Waals surface area (Å²) < 4.78 is 10.7. The summed E-state index contributed by atoms with van der Waals surface area (Å²) in [5.41, 5.74) is 12.7. The lowest BCUT2D eigenvalue weighted by Gasteiger charge is -2.04. The van der Waals surface area contributed by atoms with E-state index in [2.05, 4.69) is 9.97 Å². The summed E-state index contributed by atoms with van der Waals surface area (Å²) in [4.78, 5) is 20.4. The highest BCUT2D eigenvalue weighted by Gasteiger charge is 2.22. The number of benzene rings is 1. The number of nitrogens with two attached hydrogens (primary N) is 2. The van der Waals surface area contributed by atoms with Crippen molar-refractivity contribution in [2.75, 3.05) is 18.1 Å². The fourth-order valence-corrected chi connectivity index (χ4v) is 3.17. The molecule has 0 bridgehead atoms. The van der Waals surface area contributed by atoms with Crippen molar-refractivity contribution in [2.45, 2.75) is 17.8 Å². The lowest BCUT2D eigenvalue weighted by Crippen LogP contribution is -2.06. The van der Waals surface area contributed by atoms with Crippen LogP contribution < -0.4 is 11.5 Å². The topological polar surface area (TPSA) is 117 Å². The minimum Gasteiger partial charge on any atom is -0.460 e. The van der Waals surface area contributed by atoms with Gasteiger partial charge in [0.25, 0.3) is 0 Å². The van der Waals surface area contributed by atoms with Crippen molar-refractivity contribution >= 4 is 40.3 Å². The molecule has 0 radical (unpaired) electrons. The Balaban J connectivity index is 1.94. The van der Waals surface area contributed by atoms with E-state index in [4.69, 9.17) is 20.6 Å². The number of rotatable bonds is 5. The number of carbonyl (C=O) groups is 1. The summed E-state index contributed by atoms with van der Waals surface area (Å²) in [5, 5.41) is 1.29. The average Bonchev–Trinajstić information content (AvgIpc) is 2.91. The van der Waals surface area contributed by atoms with Gasteiger partial charge in [0.05, 0.1) is 6.61 Å². The molecule has 0 aliphatic rings. The molecule has 0 atom stereocenters. The Labute approximate surface area is 142 Å². The standard InChI is InChI=1S/C16H16N4O3S/c1-2-22-15(21)14-10(9-5-3-4-6-11(9)23-14)8-24-16-19-12(17)7-13(18)20-16/h3-7H,2,8H2,1H3,(H4,17,18,19,20). The fraction of sp³-hybridized carbons (Fsp3) is 0.188. The number of carbonyl (C=O) groups excluding carboxylic acids is 1. The Bertz CT molecular complexity index is 874. The van der Waals surface area contributed by atoms with E-state index in [-0.39, 0.29) is 12.4 Å². The van der Waals surface area contributed by atoms with Crippen molar-refractivity contribution < 1.29 is 13.9 Å². The third-order valence-electron chi connectivity index (χ3n) is 3.25. The smallest absolute Gasteiger partial charge is 0.374 e. The van der Waals surface area contributed by atoms with Crippen molar-refractivity contribution in [3.05, 3.63) is 41.7 Å². The van der Waals surface area contributed by atoms with E-state index < -0.39 is 5.97 Å². The van der Waals surface area contributed by atoms with E-state index in [0.717, 1.165) is 10.9 Å². The molecule has 2 aromatic heterocycles. The second-order valence-corrected chi connectivity index (χ2v) is 5.86. The zero-order valence-electron chi connectivity index (χ0n) is 13.0. The molecule has 8 heteroatoms. The Morgan fingerprint density at radius 3 is 2.67 bits per heavy atom. The first-order chi connectivity index (χ1) is 11.6. The van der Waals surface area contributed by atoms with Crippen LogP contribution in [0.4, 0.5) is 11.6 Å². The Morgan fingerprint density at radius 1 is 1.25 bits per heavy atom.